The first kappa shape index (κ1) is 19.4. The Morgan fingerprint density at radius 2 is 0.818 bits per heavy atom. The van der Waals surface area contributed by atoms with Gasteiger partial charge in [-0.15, -0.1) is 31.1 Å². The maximum atomic E-state index is 13.1. The van der Waals surface area contributed by atoms with E-state index in [1.807, 2.05) is 0 Å². The number of benzene rings is 1. The molecule has 0 fully saturated rings. The van der Waals surface area contributed by atoms with Gasteiger partial charge in [-0.05, 0) is 0 Å². The maximum Gasteiger partial charge on any atom is 0.259 e. The molecule has 0 N–H and O–H groups in total. The van der Waals surface area contributed by atoms with Crippen molar-refractivity contribution < 1.29 is 48.6 Å². The summed E-state index contributed by atoms with van der Waals surface area (Å²) in [5, 5.41) is 0. The van der Waals surface area contributed by atoms with E-state index in [9.17, 15) is 48.6 Å². The second-order valence-electron chi connectivity index (χ2n) is 4.36. The molecule has 1 aromatic rings. The van der Waals surface area contributed by atoms with Crippen molar-refractivity contribution in [3.05, 3.63) is 23.3 Å². The van der Waals surface area contributed by atoms with E-state index in [1.165, 1.54) is 0 Å². The van der Waals surface area contributed by atoms with Gasteiger partial charge in [0.25, 0.3) is 9.05 Å². The van der Waals surface area contributed by atoms with Crippen molar-refractivity contribution in [2.45, 2.75) is 9.79 Å². The molecule has 1 rings (SSSR count). The summed E-state index contributed by atoms with van der Waals surface area (Å²) < 4.78 is 155. The maximum absolute atomic E-state index is 13.1. The van der Waals surface area contributed by atoms with Gasteiger partial charge in [0.1, 0.15) is 0 Å². The first-order chi connectivity index (χ1) is 8.86. The van der Waals surface area contributed by atoms with Gasteiger partial charge in [0.2, 0.25) is 0 Å². The summed E-state index contributed by atoms with van der Waals surface area (Å²) in [5.74, 6) is -15.3. The zero-order chi connectivity index (χ0) is 18.3. The molecule has 15 heteroatoms. The van der Waals surface area contributed by atoms with E-state index in [2.05, 4.69) is 10.7 Å². The highest BCUT2D eigenvalue weighted by molar-refractivity contribution is 8.65. The van der Waals surface area contributed by atoms with Crippen LogP contribution in [0.5, 0.6) is 0 Å². The van der Waals surface area contributed by atoms with Crippen LogP contribution in [0.4, 0.5) is 48.6 Å². The van der Waals surface area contributed by atoms with Crippen LogP contribution in [0.15, 0.2) is 9.79 Å². The molecule has 0 aliphatic rings. The van der Waals surface area contributed by atoms with Crippen LogP contribution in [0.1, 0.15) is 0 Å². The molecule has 0 radical (unpaired) electrons. The second-order valence-corrected chi connectivity index (χ2v) is 11.9. The summed E-state index contributed by atoms with van der Waals surface area (Å²) >= 11 is 0. The predicted molar refractivity (Wildman–Crippen MR) is 58.6 cm³/mol. The normalized spacial score (nSPS) is 19.9. The zero-order valence-electron chi connectivity index (χ0n) is 9.73. The van der Waals surface area contributed by atoms with Gasteiger partial charge in [0, 0.05) is 10.7 Å². The van der Waals surface area contributed by atoms with Crippen molar-refractivity contribution in [3.8, 4) is 0 Å². The smallest absolute Gasteiger partial charge is 0.202 e. The number of halogens is 13. The van der Waals surface area contributed by atoms with Gasteiger partial charge in [-0.3, -0.25) is 0 Å². The molecule has 134 valence electrons. The third-order valence-electron chi connectivity index (χ3n) is 2.08. The third-order valence-corrected chi connectivity index (χ3v) is 5.06. The van der Waals surface area contributed by atoms with Gasteiger partial charge in [0.15, 0.2) is 42.9 Å². The fourth-order valence-electron chi connectivity index (χ4n) is 1.38. The minimum atomic E-state index is -10.5. The zero-order valence-corrected chi connectivity index (χ0v) is 12.1. The van der Waals surface area contributed by atoms with Crippen LogP contribution < -0.4 is 0 Å². The lowest BCUT2D eigenvalue weighted by Gasteiger charge is -2.47. The van der Waals surface area contributed by atoms with Crippen molar-refractivity contribution in [3.63, 3.8) is 0 Å². The Morgan fingerprint density at radius 1 is 0.591 bits per heavy atom. The molecule has 0 bridgehead atoms. The van der Waals surface area contributed by atoms with Gasteiger partial charge < -0.3 is 0 Å². The minimum Gasteiger partial charge on any atom is -0.202 e. The highest BCUT2D eigenvalue weighted by Crippen LogP contribution is 3.05. The molecule has 0 unspecified atom stereocenters. The Labute approximate surface area is 118 Å². The monoisotopic (exact) mass is 414 g/mol. The quantitative estimate of drug-likeness (QED) is 0.346. The average Bonchev–Trinajstić information content (AvgIpc) is 2.05. The lowest BCUT2D eigenvalue weighted by atomic mass is 10.3. The van der Waals surface area contributed by atoms with E-state index in [0.717, 1.165) is 0 Å². The van der Waals surface area contributed by atoms with Gasteiger partial charge in [-0.2, -0.15) is 0 Å². The molecule has 0 spiro atoms. The molecule has 0 aromatic heterocycles. The molecule has 1 aromatic carbocycles. The molecule has 0 amide bonds. The lowest BCUT2D eigenvalue weighted by Crippen LogP contribution is -2.21. The van der Waals surface area contributed by atoms with Crippen LogP contribution in [0.25, 0.3) is 0 Å². The summed E-state index contributed by atoms with van der Waals surface area (Å²) in [4.78, 5) is -7.88. The van der Waals surface area contributed by atoms with Crippen LogP contribution >= 0.6 is 29.6 Å². The average molecular weight is 415 g/mol. The third kappa shape index (κ3) is 3.48. The van der Waals surface area contributed by atoms with Crippen molar-refractivity contribution >= 4 is 29.6 Å². The van der Waals surface area contributed by atoms with Gasteiger partial charge in [-0.25, -0.2) is 17.6 Å². The van der Waals surface area contributed by atoms with Crippen molar-refractivity contribution in [2.75, 3.05) is 6.26 Å². The Hall–Kier alpha value is -0.630. The van der Waals surface area contributed by atoms with Crippen LogP contribution in [0, 0.1) is 23.3 Å². The van der Waals surface area contributed by atoms with E-state index in [1.54, 1.807) is 0 Å². The highest BCUT2D eigenvalue weighted by atomic mass is 35.7. The molecule has 0 saturated heterocycles. The summed E-state index contributed by atoms with van der Waals surface area (Å²) in [6.45, 7) is 0. The molecule has 0 saturated carbocycles. The van der Waals surface area contributed by atoms with E-state index < -0.39 is 58.2 Å². The first-order valence-electron chi connectivity index (χ1n) is 4.46. The topological polar surface area (TPSA) is 0 Å². The summed E-state index contributed by atoms with van der Waals surface area (Å²) in [7, 11) is -17.0. The molecule has 0 heterocycles. The van der Waals surface area contributed by atoms with Gasteiger partial charge >= 0.3 is 0 Å². The van der Waals surface area contributed by atoms with Gasteiger partial charge in [0.05, 0.1) is 6.26 Å². The van der Waals surface area contributed by atoms with Gasteiger partial charge in [-0.1, -0.05) is 0 Å². The molecule has 0 nitrogen and oxygen atoms in total. The highest BCUT2D eigenvalue weighted by Gasteiger charge is 2.70. The van der Waals surface area contributed by atoms with Crippen LogP contribution in [-0.2, 0) is 0 Å². The van der Waals surface area contributed by atoms with Crippen LogP contribution in [0.2, 0.25) is 0 Å². The van der Waals surface area contributed by atoms with Crippen LogP contribution in [-0.4, -0.2) is 6.26 Å². The molecule has 0 aliphatic heterocycles. The SMILES string of the molecule is CS(F)(F)(F)(F)c1c(F)c(F)c(S(F)(F)(F)(F)Cl)c(F)c1F. The number of hydrogen-bond acceptors (Lipinski definition) is 0. The van der Waals surface area contributed by atoms with E-state index >= 15 is 0 Å². The van der Waals surface area contributed by atoms with Crippen molar-refractivity contribution in [1.82, 2.24) is 0 Å². The molecular weight excluding hydrogens is 412 g/mol. The van der Waals surface area contributed by atoms with Crippen LogP contribution in [0.3, 0.4) is 0 Å². The fourth-order valence-corrected chi connectivity index (χ4v) is 3.72. The summed E-state index contributed by atoms with van der Waals surface area (Å²) in [6.07, 6.45) is -1.40. The number of rotatable bonds is 2. The van der Waals surface area contributed by atoms with E-state index in [4.69, 9.17) is 0 Å². The minimum absolute atomic E-state index is 1.40. The Kier molecular flexibility index (Phi) is 3.01. The number of hydrogen-bond donors (Lipinski definition) is 0. The first-order valence-corrected chi connectivity index (χ1v) is 9.80. The Morgan fingerprint density at radius 3 is 1.00 bits per heavy atom. The summed E-state index contributed by atoms with van der Waals surface area (Å²) in [5.41, 5.74) is 0. The second kappa shape index (κ2) is 3.41. The summed E-state index contributed by atoms with van der Waals surface area (Å²) in [6, 6.07) is 0. The van der Waals surface area contributed by atoms with E-state index in [-0.39, 0.29) is 0 Å². The molecule has 0 atom stereocenters. The standard InChI is InChI=1S/C7H3ClF12S2/c1-21(13,14,15,16)6-2(9)4(11)7(5(12)3(6)10)22(8,17,18,19)20/h1H3. The van der Waals surface area contributed by atoms with E-state index in [0.29, 0.717) is 0 Å². The Bertz CT molecular complexity index is 593. The fraction of sp³-hybridized carbons (Fsp3) is 0.143. The predicted octanol–water partition coefficient (Wildman–Crippen LogP) is 7.57. The van der Waals surface area contributed by atoms with Crippen molar-refractivity contribution in [2.24, 2.45) is 0 Å². The molecule has 0 aliphatic carbocycles. The molecular formula is C7H3ClF12S2. The Balaban J connectivity index is 4.20. The molecule has 22 heavy (non-hydrogen) atoms. The largest absolute Gasteiger partial charge is 0.259 e. The lowest BCUT2D eigenvalue weighted by molar-refractivity contribution is 0.350. The van der Waals surface area contributed by atoms with Crippen molar-refractivity contribution in [1.29, 1.82) is 0 Å².